The van der Waals surface area contributed by atoms with Gasteiger partial charge in [0.25, 0.3) is 11.8 Å². The van der Waals surface area contributed by atoms with E-state index in [0.717, 1.165) is 11.3 Å². The average molecular weight is 532 g/mol. The smallest absolute Gasteiger partial charge is 0.352 e. The molecule has 0 spiro atoms. The highest BCUT2D eigenvalue weighted by Crippen LogP contribution is 2.40. The van der Waals surface area contributed by atoms with Crippen LogP contribution >= 0.6 is 23.1 Å². The van der Waals surface area contributed by atoms with Crippen LogP contribution in [0.3, 0.4) is 0 Å². The zero-order valence-corrected chi connectivity index (χ0v) is 20.9. The number of fused-ring (bicyclic) bond motifs is 1. The minimum absolute atomic E-state index is 0.0632. The topological polar surface area (TPSA) is 154 Å². The van der Waals surface area contributed by atoms with Crippen LogP contribution in [0.5, 0.6) is 0 Å². The molecule has 0 aromatic carbocycles. The van der Waals surface area contributed by atoms with Gasteiger partial charge in [0.15, 0.2) is 29.8 Å². The molecule has 2 aromatic rings. The van der Waals surface area contributed by atoms with Crippen molar-refractivity contribution in [1.29, 1.82) is 0 Å². The molecule has 188 valence electrons. The Labute approximate surface area is 214 Å². The number of aliphatic carboxylic acids is 1. The van der Waals surface area contributed by atoms with Crippen LogP contribution in [0, 0.1) is 0 Å². The van der Waals surface area contributed by atoms with Crippen LogP contribution in [-0.4, -0.2) is 68.2 Å². The van der Waals surface area contributed by atoms with Crippen molar-refractivity contribution < 1.29 is 33.7 Å². The summed E-state index contributed by atoms with van der Waals surface area (Å²) in [5, 5.41) is 20.0. The van der Waals surface area contributed by atoms with Crippen LogP contribution in [0.25, 0.3) is 0 Å². The molecule has 2 aliphatic heterocycles. The second-order valence-electron chi connectivity index (χ2n) is 8.06. The van der Waals surface area contributed by atoms with Crippen molar-refractivity contribution >= 4 is 58.1 Å². The number of nitrogens with zero attached hydrogens (tertiary/aromatic N) is 4. The number of anilines is 1. The van der Waals surface area contributed by atoms with Crippen LogP contribution < -0.4 is 15.2 Å². The molecule has 1 unspecified atom stereocenters. The summed E-state index contributed by atoms with van der Waals surface area (Å²) in [5.74, 6) is -2.05. The number of carbonyl (C=O) groups is 4. The lowest BCUT2D eigenvalue weighted by Gasteiger charge is -2.49. The number of aromatic nitrogens is 2. The van der Waals surface area contributed by atoms with Crippen molar-refractivity contribution in [3.8, 4) is 0 Å². The summed E-state index contributed by atoms with van der Waals surface area (Å²) in [4.78, 5) is 59.5. The molecule has 2 aliphatic rings. The lowest BCUT2D eigenvalue weighted by Crippen LogP contribution is -2.71. The zero-order valence-electron chi connectivity index (χ0n) is 19.3. The van der Waals surface area contributed by atoms with Gasteiger partial charge in [0.1, 0.15) is 28.9 Å². The highest BCUT2D eigenvalue weighted by atomic mass is 32.2. The number of thiazole rings is 1. The van der Waals surface area contributed by atoms with Crippen LogP contribution in [0.1, 0.15) is 19.5 Å². The van der Waals surface area contributed by atoms with E-state index >= 15 is 0 Å². The fraction of sp³-hybridized carbons (Fsp3) is 0.318. The first-order valence-electron chi connectivity index (χ1n) is 10.8. The van der Waals surface area contributed by atoms with Gasteiger partial charge in [0, 0.05) is 28.8 Å². The van der Waals surface area contributed by atoms with E-state index in [0.29, 0.717) is 24.3 Å². The number of nitrogens with one attached hydrogen (secondary N) is 2. The third-order valence-corrected chi connectivity index (χ3v) is 7.30. The summed E-state index contributed by atoms with van der Waals surface area (Å²) in [6, 6.07) is 4.58. The monoisotopic (exact) mass is 531 g/mol. The van der Waals surface area contributed by atoms with Crippen molar-refractivity contribution in [3.63, 3.8) is 0 Å². The molecule has 14 heteroatoms. The van der Waals surface area contributed by atoms with Crippen LogP contribution in [0.2, 0.25) is 0 Å². The number of β-lactam (4-membered cyclic amide) rings is 1. The Hall–Kier alpha value is -3.78. The molecule has 1 saturated heterocycles. The van der Waals surface area contributed by atoms with Gasteiger partial charge in [-0.2, -0.15) is 0 Å². The number of rotatable bonds is 10. The highest BCUT2D eigenvalue weighted by molar-refractivity contribution is 8.00. The largest absolute Gasteiger partial charge is 0.477 e. The van der Waals surface area contributed by atoms with Crippen LogP contribution in [-0.2, 0) is 30.6 Å². The lowest BCUT2D eigenvalue weighted by atomic mass is 10.0. The van der Waals surface area contributed by atoms with Gasteiger partial charge < -0.3 is 20.6 Å². The van der Waals surface area contributed by atoms with Crippen molar-refractivity contribution in [3.05, 3.63) is 52.9 Å². The first kappa shape index (κ1) is 25.3. The molecule has 12 nitrogen and oxygen atoms in total. The van der Waals surface area contributed by atoms with E-state index in [4.69, 9.17) is 4.84 Å². The van der Waals surface area contributed by atoms with Gasteiger partial charge in [-0.1, -0.05) is 11.2 Å². The van der Waals surface area contributed by atoms with Gasteiger partial charge in [0.2, 0.25) is 6.41 Å². The number of pyridine rings is 1. The SMILES string of the molecule is CC(C)O/N=C(\C(=O)NC1C(=O)N2C(C(=O)O)=C(C[n+]3ccccc3)CS[C@H]12)c1csc(NC=O)n1. The maximum atomic E-state index is 13.1. The number of amides is 3. The predicted octanol–water partition coefficient (Wildman–Crippen LogP) is 0.567. The van der Waals surface area contributed by atoms with E-state index in [2.05, 4.69) is 20.8 Å². The molecule has 3 amide bonds. The minimum atomic E-state index is -1.20. The molecule has 4 rings (SSSR count). The zero-order chi connectivity index (χ0) is 25.8. The molecule has 0 radical (unpaired) electrons. The molecule has 0 saturated carbocycles. The summed E-state index contributed by atoms with van der Waals surface area (Å²) in [7, 11) is 0. The number of oxime groups is 1. The van der Waals surface area contributed by atoms with Gasteiger partial charge in [-0.25, -0.2) is 14.3 Å². The normalized spacial score (nSPS) is 19.5. The number of carboxylic acids is 1. The molecule has 4 heterocycles. The fourth-order valence-corrected chi connectivity index (χ4v) is 5.63. The van der Waals surface area contributed by atoms with Crippen LogP contribution in [0.4, 0.5) is 5.13 Å². The average Bonchev–Trinajstić information content (AvgIpc) is 3.31. The van der Waals surface area contributed by atoms with Crippen molar-refractivity contribution in [1.82, 2.24) is 15.2 Å². The van der Waals surface area contributed by atoms with Gasteiger partial charge in [-0.3, -0.25) is 19.3 Å². The number of thioether (sulfide) groups is 1. The highest BCUT2D eigenvalue weighted by Gasteiger charge is 2.54. The number of carbonyl (C=O) groups excluding carboxylic acids is 3. The third kappa shape index (κ3) is 5.23. The number of hydrogen-bond acceptors (Lipinski definition) is 9. The Balaban J connectivity index is 1.53. The molecular formula is C22H23N6O6S2+. The summed E-state index contributed by atoms with van der Waals surface area (Å²) >= 11 is 2.47. The van der Waals surface area contributed by atoms with E-state index in [-0.39, 0.29) is 28.3 Å². The Morgan fingerprint density at radius 1 is 1.36 bits per heavy atom. The van der Waals surface area contributed by atoms with E-state index in [1.165, 1.54) is 22.0 Å². The summed E-state index contributed by atoms with van der Waals surface area (Å²) in [6.45, 7) is 3.79. The molecular weight excluding hydrogens is 508 g/mol. The standard InChI is InChI=1S/C22H22N6O6S2/c1-12(2)34-26-15(14-10-36-22(24-14)23-11-29)18(30)25-16-19(31)28-17(21(32)33)13(9-35-20(16)28)8-27-6-4-3-5-7-27/h3-7,10-12,16,20H,8-9H2,1-2H3,(H2-,23,24,25,29,30,32,33)/p+1/b26-15-/t16?,20-/m1/s1. The first-order chi connectivity index (χ1) is 17.3. The molecule has 1 fully saturated rings. The lowest BCUT2D eigenvalue weighted by molar-refractivity contribution is -0.689. The van der Waals surface area contributed by atoms with E-state index in [1.807, 2.05) is 35.2 Å². The fourth-order valence-electron chi connectivity index (χ4n) is 3.64. The summed E-state index contributed by atoms with van der Waals surface area (Å²) in [6.07, 6.45) is 3.78. The first-order valence-corrected chi connectivity index (χ1v) is 12.8. The van der Waals surface area contributed by atoms with Gasteiger partial charge in [-0.05, 0) is 13.8 Å². The second-order valence-corrected chi connectivity index (χ2v) is 10.0. The Morgan fingerprint density at radius 2 is 2.11 bits per heavy atom. The maximum absolute atomic E-state index is 13.1. The molecule has 0 aliphatic carbocycles. The molecule has 3 N–H and O–H groups in total. The van der Waals surface area contributed by atoms with Crippen molar-refractivity contribution in [2.75, 3.05) is 11.1 Å². The maximum Gasteiger partial charge on any atom is 0.352 e. The quantitative estimate of drug-likeness (QED) is 0.132. The Morgan fingerprint density at radius 3 is 2.78 bits per heavy atom. The van der Waals surface area contributed by atoms with Crippen molar-refractivity contribution in [2.45, 2.75) is 37.9 Å². The Bertz CT molecular complexity index is 1240. The molecule has 2 aromatic heterocycles. The summed E-state index contributed by atoms with van der Waals surface area (Å²) < 4.78 is 1.84. The van der Waals surface area contributed by atoms with E-state index < -0.39 is 29.2 Å². The van der Waals surface area contributed by atoms with E-state index in [9.17, 15) is 24.3 Å². The van der Waals surface area contributed by atoms with Gasteiger partial charge in [0.05, 0.1) is 0 Å². The van der Waals surface area contributed by atoms with Crippen molar-refractivity contribution in [2.24, 2.45) is 5.16 Å². The molecule has 36 heavy (non-hydrogen) atoms. The van der Waals surface area contributed by atoms with Crippen LogP contribution in [0.15, 0.2) is 52.4 Å². The van der Waals surface area contributed by atoms with Gasteiger partial charge in [-0.15, -0.1) is 23.1 Å². The predicted molar refractivity (Wildman–Crippen MR) is 131 cm³/mol. The third-order valence-electron chi connectivity index (χ3n) is 5.19. The Kier molecular flexibility index (Phi) is 7.64. The van der Waals surface area contributed by atoms with Gasteiger partial charge >= 0.3 is 5.97 Å². The molecule has 0 bridgehead atoms. The minimum Gasteiger partial charge on any atom is -0.477 e. The molecule has 2 atom stereocenters. The van der Waals surface area contributed by atoms with E-state index in [1.54, 1.807) is 13.8 Å². The number of carboxylic acid groups (broad SMARTS) is 1. The second kappa shape index (κ2) is 10.9. The number of hydrogen-bond donors (Lipinski definition) is 3. The summed E-state index contributed by atoms with van der Waals surface area (Å²) in [5.41, 5.74) is 0.534.